The molecule has 0 amide bonds. The first-order valence-electron chi connectivity index (χ1n) is 10.5. The molecule has 2 fully saturated rings. The van der Waals surface area contributed by atoms with Crippen LogP contribution in [0, 0.1) is 0 Å². The van der Waals surface area contributed by atoms with Crippen LogP contribution < -0.4 is 9.64 Å². The summed E-state index contributed by atoms with van der Waals surface area (Å²) in [6.07, 6.45) is -0.129. The van der Waals surface area contributed by atoms with E-state index in [0.717, 1.165) is 52.1 Å². The van der Waals surface area contributed by atoms with Gasteiger partial charge >= 0.3 is 0 Å². The third-order valence-electron chi connectivity index (χ3n) is 5.81. The molecule has 7 heteroatoms. The van der Waals surface area contributed by atoms with Crippen molar-refractivity contribution in [3.8, 4) is 5.75 Å². The summed E-state index contributed by atoms with van der Waals surface area (Å²) in [5, 5.41) is 0. The highest BCUT2D eigenvalue weighted by Crippen LogP contribution is 2.39. The summed E-state index contributed by atoms with van der Waals surface area (Å²) in [4.78, 5) is 4.73. The zero-order chi connectivity index (χ0) is 22.0. The van der Waals surface area contributed by atoms with Gasteiger partial charge in [-0.2, -0.15) is 0 Å². The monoisotopic (exact) mass is 550 g/mol. The average molecular weight is 552 g/mol. The predicted octanol–water partition coefficient (Wildman–Crippen LogP) is 5.53. The summed E-state index contributed by atoms with van der Waals surface area (Å²) < 4.78 is 20.2. The number of nitrogens with zero attached hydrogens (tertiary/aromatic N) is 2. The normalized spacial score (nSPS) is 23.8. The van der Waals surface area contributed by atoms with E-state index >= 15 is 0 Å². The Morgan fingerprint density at radius 3 is 2.48 bits per heavy atom. The van der Waals surface area contributed by atoms with E-state index in [1.807, 2.05) is 37.3 Å². The molecular weight excluding hydrogens is 524 g/mol. The Balaban J connectivity index is 1.30. The Morgan fingerprint density at radius 1 is 1.13 bits per heavy atom. The van der Waals surface area contributed by atoms with Crippen molar-refractivity contribution in [2.75, 3.05) is 44.3 Å². The highest BCUT2D eigenvalue weighted by atomic mass is 79.9. The van der Waals surface area contributed by atoms with Crippen LogP contribution >= 0.6 is 31.9 Å². The standard InChI is InChI=1S/C24H28Br2N2O3/c1-17(2)27-10-12-28(13-11-27)19-5-7-20(8-6-19)29-15-21-16-30-24(3,31-21)22-9-4-18(25)14-23(22)26/h4-9,14,21H,1,10-13,15-16H2,2-3H3. The SMILES string of the molecule is C=C(C)N1CCN(c2ccc(OCC3COC(C)(c4ccc(Br)cc4Br)O3)cc2)CC1. The van der Waals surface area contributed by atoms with Crippen molar-refractivity contribution in [3.63, 3.8) is 0 Å². The molecule has 2 atom stereocenters. The van der Waals surface area contributed by atoms with E-state index in [9.17, 15) is 0 Å². The molecule has 0 aromatic heterocycles. The summed E-state index contributed by atoms with van der Waals surface area (Å²) in [6.45, 7) is 13.0. The van der Waals surface area contributed by atoms with Gasteiger partial charge in [-0.15, -0.1) is 0 Å². The molecule has 0 spiro atoms. The number of allylic oxidation sites excluding steroid dienone is 1. The van der Waals surface area contributed by atoms with E-state index in [4.69, 9.17) is 14.2 Å². The molecule has 2 heterocycles. The maximum absolute atomic E-state index is 6.21. The zero-order valence-electron chi connectivity index (χ0n) is 17.9. The number of halogens is 2. The first-order valence-corrected chi connectivity index (χ1v) is 12.1. The fourth-order valence-electron chi connectivity index (χ4n) is 4.01. The Morgan fingerprint density at radius 2 is 1.84 bits per heavy atom. The van der Waals surface area contributed by atoms with E-state index in [1.54, 1.807) is 0 Å². The Hall–Kier alpha value is -1.54. The number of benzene rings is 2. The van der Waals surface area contributed by atoms with Crippen molar-refractivity contribution < 1.29 is 14.2 Å². The molecule has 0 bridgehead atoms. The van der Waals surface area contributed by atoms with E-state index in [1.165, 1.54) is 5.69 Å². The lowest BCUT2D eigenvalue weighted by Crippen LogP contribution is -2.45. The minimum absolute atomic E-state index is 0.129. The predicted molar refractivity (Wildman–Crippen MR) is 131 cm³/mol. The fraction of sp³-hybridized carbons (Fsp3) is 0.417. The summed E-state index contributed by atoms with van der Waals surface area (Å²) in [5.41, 5.74) is 3.33. The maximum Gasteiger partial charge on any atom is 0.193 e. The number of anilines is 1. The van der Waals surface area contributed by atoms with Gasteiger partial charge in [0.1, 0.15) is 18.5 Å². The second-order valence-electron chi connectivity index (χ2n) is 8.14. The average Bonchev–Trinajstić information content (AvgIpc) is 3.14. The van der Waals surface area contributed by atoms with Crippen LogP contribution in [0.2, 0.25) is 0 Å². The molecule has 166 valence electrons. The largest absolute Gasteiger partial charge is 0.491 e. The molecule has 0 aliphatic carbocycles. The van der Waals surface area contributed by atoms with E-state index in [2.05, 4.69) is 67.3 Å². The van der Waals surface area contributed by atoms with Crippen LogP contribution in [0.1, 0.15) is 19.4 Å². The van der Waals surface area contributed by atoms with Gasteiger partial charge in [0.15, 0.2) is 5.79 Å². The number of rotatable bonds is 6. The molecule has 2 aromatic carbocycles. The van der Waals surface area contributed by atoms with E-state index < -0.39 is 5.79 Å². The van der Waals surface area contributed by atoms with E-state index in [-0.39, 0.29) is 6.10 Å². The van der Waals surface area contributed by atoms with Gasteiger partial charge in [0.2, 0.25) is 0 Å². The first-order chi connectivity index (χ1) is 14.8. The lowest BCUT2D eigenvalue weighted by molar-refractivity contribution is -0.165. The van der Waals surface area contributed by atoms with Gasteiger partial charge in [-0.25, -0.2) is 0 Å². The Labute approximate surface area is 201 Å². The molecule has 2 saturated heterocycles. The summed E-state index contributed by atoms with van der Waals surface area (Å²) in [5.74, 6) is 0.0509. The highest BCUT2D eigenvalue weighted by molar-refractivity contribution is 9.11. The molecule has 0 N–H and O–H groups in total. The molecule has 4 rings (SSSR count). The molecule has 0 saturated carbocycles. The third-order valence-corrected chi connectivity index (χ3v) is 6.96. The lowest BCUT2D eigenvalue weighted by Gasteiger charge is -2.37. The lowest BCUT2D eigenvalue weighted by atomic mass is 10.1. The maximum atomic E-state index is 6.21. The number of ether oxygens (including phenoxy) is 3. The molecule has 0 radical (unpaired) electrons. The van der Waals surface area contributed by atoms with E-state index in [0.29, 0.717) is 13.2 Å². The van der Waals surface area contributed by atoms with Crippen molar-refractivity contribution >= 4 is 37.5 Å². The Bertz CT molecular complexity index is 929. The van der Waals surface area contributed by atoms with Gasteiger partial charge in [-0.3, -0.25) is 0 Å². The van der Waals surface area contributed by atoms with Crippen molar-refractivity contribution in [1.29, 1.82) is 0 Å². The number of hydrogen-bond donors (Lipinski definition) is 0. The van der Waals surface area contributed by atoms with Gasteiger partial charge < -0.3 is 24.0 Å². The second-order valence-corrected chi connectivity index (χ2v) is 9.91. The van der Waals surface area contributed by atoms with Gasteiger partial charge in [-0.05, 0) is 50.2 Å². The Kier molecular flexibility index (Phi) is 6.96. The van der Waals surface area contributed by atoms with Crippen LogP contribution in [0.15, 0.2) is 63.7 Å². The molecule has 5 nitrogen and oxygen atoms in total. The molecule has 2 aliphatic rings. The molecule has 2 aliphatic heterocycles. The summed E-state index contributed by atoms with van der Waals surface area (Å²) in [7, 11) is 0. The van der Waals surface area contributed by atoms with Crippen molar-refractivity contribution in [3.05, 3.63) is 69.2 Å². The summed E-state index contributed by atoms with van der Waals surface area (Å²) >= 11 is 7.09. The van der Waals surface area contributed by atoms with Gasteiger partial charge in [0.05, 0.1) is 6.61 Å². The van der Waals surface area contributed by atoms with Gasteiger partial charge in [0, 0.05) is 52.1 Å². The topological polar surface area (TPSA) is 34.2 Å². The molecule has 31 heavy (non-hydrogen) atoms. The van der Waals surface area contributed by atoms with Crippen molar-refractivity contribution in [2.24, 2.45) is 0 Å². The zero-order valence-corrected chi connectivity index (χ0v) is 21.1. The van der Waals surface area contributed by atoms with Gasteiger partial charge in [-0.1, -0.05) is 44.5 Å². The van der Waals surface area contributed by atoms with Crippen molar-refractivity contribution in [1.82, 2.24) is 4.90 Å². The number of hydrogen-bond acceptors (Lipinski definition) is 5. The highest BCUT2D eigenvalue weighted by Gasteiger charge is 2.40. The van der Waals surface area contributed by atoms with Crippen LogP contribution in [0.5, 0.6) is 5.75 Å². The quantitative estimate of drug-likeness (QED) is 0.471. The minimum atomic E-state index is -0.788. The fourth-order valence-corrected chi connectivity index (χ4v) is 5.42. The molecule has 2 unspecified atom stereocenters. The van der Waals surface area contributed by atoms with Gasteiger partial charge in [0.25, 0.3) is 0 Å². The first kappa shape index (κ1) is 22.6. The summed E-state index contributed by atoms with van der Waals surface area (Å²) in [6, 6.07) is 14.3. The van der Waals surface area contributed by atoms with Crippen molar-refractivity contribution in [2.45, 2.75) is 25.7 Å². The minimum Gasteiger partial charge on any atom is -0.491 e. The third kappa shape index (κ3) is 5.28. The smallest absolute Gasteiger partial charge is 0.193 e. The molecular formula is C24H28Br2N2O3. The molecule has 2 aromatic rings. The van der Waals surface area contributed by atoms with Crippen LogP contribution in [0.4, 0.5) is 5.69 Å². The van der Waals surface area contributed by atoms with Crippen LogP contribution in [0.25, 0.3) is 0 Å². The van der Waals surface area contributed by atoms with Crippen LogP contribution in [-0.4, -0.2) is 50.4 Å². The van der Waals surface area contributed by atoms with Crippen LogP contribution in [-0.2, 0) is 15.3 Å². The number of piperazine rings is 1. The second kappa shape index (κ2) is 9.53. The van der Waals surface area contributed by atoms with Crippen LogP contribution in [0.3, 0.4) is 0 Å².